The summed E-state index contributed by atoms with van der Waals surface area (Å²) in [5.74, 6) is -0.990. The first kappa shape index (κ1) is 62.8. The molecule has 0 N–H and O–H groups in total. The Morgan fingerprint density at radius 3 is 0.985 bits per heavy atom. The molecular formula is C61H98O6. The van der Waals surface area contributed by atoms with Crippen LogP contribution < -0.4 is 0 Å². The van der Waals surface area contributed by atoms with E-state index in [0.717, 1.165) is 116 Å². The number of carbonyl (C=O) groups excluding carboxylic acids is 3. The van der Waals surface area contributed by atoms with E-state index >= 15 is 0 Å². The summed E-state index contributed by atoms with van der Waals surface area (Å²) in [6.45, 7) is 6.38. The fourth-order valence-corrected chi connectivity index (χ4v) is 6.91. The Morgan fingerprint density at radius 2 is 0.597 bits per heavy atom. The maximum Gasteiger partial charge on any atom is 0.306 e. The highest BCUT2D eigenvalue weighted by Gasteiger charge is 2.19. The van der Waals surface area contributed by atoms with Crippen molar-refractivity contribution < 1.29 is 28.6 Å². The van der Waals surface area contributed by atoms with Crippen molar-refractivity contribution in [1.29, 1.82) is 0 Å². The molecule has 1 atom stereocenters. The van der Waals surface area contributed by atoms with Crippen LogP contribution in [0.15, 0.2) is 122 Å². The third-order valence-electron chi connectivity index (χ3n) is 11.0. The fraction of sp³-hybridized carbons (Fsp3) is 0.623. The van der Waals surface area contributed by atoms with Gasteiger partial charge in [0, 0.05) is 19.3 Å². The standard InChI is InChI=1S/C61H98O6/c1-4-7-10-13-16-18-20-22-24-25-26-27-28-29-30-31-32-33-34-35-36-37-38-40-41-43-45-48-51-54-60(63)66-57-58(56-65-59(62)53-50-47-15-12-9-6-3)67-61(64)55-52-49-46-44-42-39-23-21-19-17-14-11-8-5-2/h7,10,16,18,21-24,26-27,29-30,32-33,35-36,38,40,43,45,58H,4-6,8-9,11-15,17,19-20,25,28,31,34,37,39,41-42,44,46-57H2,1-3H3/b10-7-,18-16-,23-21-,24-22-,27-26-,30-29-,33-32-,36-35-,40-38-,45-43-. The molecule has 0 heterocycles. The number of esters is 3. The Morgan fingerprint density at radius 1 is 0.313 bits per heavy atom. The van der Waals surface area contributed by atoms with Crippen LogP contribution in [0.3, 0.4) is 0 Å². The summed E-state index contributed by atoms with van der Waals surface area (Å²) >= 11 is 0. The molecule has 0 saturated carbocycles. The average molecular weight is 927 g/mol. The van der Waals surface area contributed by atoms with Gasteiger partial charge in [-0.15, -0.1) is 0 Å². The Kier molecular flexibility index (Phi) is 51.0. The highest BCUT2D eigenvalue weighted by Crippen LogP contribution is 2.12. The minimum absolute atomic E-state index is 0.102. The molecule has 1 unspecified atom stereocenters. The summed E-state index contributed by atoms with van der Waals surface area (Å²) in [5, 5.41) is 0. The predicted octanol–water partition coefficient (Wildman–Crippen LogP) is 18.1. The Balaban J connectivity index is 4.29. The summed E-state index contributed by atoms with van der Waals surface area (Å²) in [6, 6.07) is 0. The van der Waals surface area contributed by atoms with E-state index < -0.39 is 6.10 Å². The van der Waals surface area contributed by atoms with E-state index in [1.54, 1.807) is 0 Å². The molecule has 0 aromatic heterocycles. The first-order valence-corrected chi connectivity index (χ1v) is 27.0. The molecule has 0 fully saturated rings. The van der Waals surface area contributed by atoms with E-state index in [9.17, 15) is 14.4 Å². The van der Waals surface area contributed by atoms with Crippen LogP contribution in [0.5, 0.6) is 0 Å². The van der Waals surface area contributed by atoms with Gasteiger partial charge in [0.15, 0.2) is 6.10 Å². The zero-order valence-electron chi connectivity index (χ0n) is 43.1. The van der Waals surface area contributed by atoms with Gasteiger partial charge in [0.2, 0.25) is 0 Å². The lowest BCUT2D eigenvalue weighted by Gasteiger charge is -2.18. The minimum atomic E-state index is -0.804. The third-order valence-corrected chi connectivity index (χ3v) is 11.0. The number of ether oxygens (including phenoxy) is 3. The number of carbonyl (C=O) groups is 3. The van der Waals surface area contributed by atoms with Crippen LogP contribution >= 0.6 is 0 Å². The van der Waals surface area contributed by atoms with Crippen molar-refractivity contribution in [1.82, 2.24) is 0 Å². The summed E-state index contributed by atoms with van der Waals surface area (Å²) < 4.78 is 16.6. The average Bonchev–Trinajstić information content (AvgIpc) is 3.33. The molecule has 0 aromatic carbocycles. The smallest absolute Gasteiger partial charge is 0.306 e. The van der Waals surface area contributed by atoms with Gasteiger partial charge in [-0.2, -0.15) is 0 Å². The molecule has 0 aromatic rings. The van der Waals surface area contributed by atoms with Gasteiger partial charge in [0.1, 0.15) is 13.2 Å². The van der Waals surface area contributed by atoms with Crippen LogP contribution in [0.4, 0.5) is 0 Å². The van der Waals surface area contributed by atoms with E-state index in [-0.39, 0.29) is 37.5 Å². The number of hydrogen-bond donors (Lipinski definition) is 0. The minimum Gasteiger partial charge on any atom is -0.462 e. The maximum absolute atomic E-state index is 12.7. The van der Waals surface area contributed by atoms with Crippen molar-refractivity contribution in [3.05, 3.63) is 122 Å². The monoisotopic (exact) mass is 927 g/mol. The van der Waals surface area contributed by atoms with E-state index in [1.807, 2.05) is 0 Å². The van der Waals surface area contributed by atoms with Gasteiger partial charge in [-0.05, 0) is 109 Å². The van der Waals surface area contributed by atoms with Gasteiger partial charge in [-0.1, -0.05) is 219 Å². The summed E-state index contributed by atoms with van der Waals surface area (Å²) in [6.07, 6.45) is 75.1. The van der Waals surface area contributed by atoms with Gasteiger partial charge in [-0.25, -0.2) is 0 Å². The van der Waals surface area contributed by atoms with E-state index in [2.05, 4.69) is 142 Å². The summed E-state index contributed by atoms with van der Waals surface area (Å²) in [5.41, 5.74) is 0. The summed E-state index contributed by atoms with van der Waals surface area (Å²) in [7, 11) is 0. The van der Waals surface area contributed by atoms with Gasteiger partial charge >= 0.3 is 17.9 Å². The second kappa shape index (κ2) is 54.4. The molecule has 6 heteroatoms. The molecule has 0 bridgehead atoms. The van der Waals surface area contributed by atoms with Crippen molar-refractivity contribution in [2.45, 2.75) is 232 Å². The highest BCUT2D eigenvalue weighted by molar-refractivity contribution is 5.71. The van der Waals surface area contributed by atoms with Crippen molar-refractivity contribution in [3.63, 3.8) is 0 Å². The Labute approximate surface area is 412 Å². The van der Waals surface area contributed by atoms with Crippen molar-refractivity contribution in [2.75, 3.05) is 13.2 Å². The first-order chi connectivity index (χ1) is 33.0. The topological polar surface area (TPSA) is 78.9 Å². The molecular weight excluding hydrogens is 829 g/mol. The number of rotatable bonds is 47. The van der Waals surface area contributed by atoms with Crippen LogP contribution in [0.2, 0.25) is 0 Å². The lowest BCUT2D eigenvalue weighted by Crippen LogP contribution is -2.30. The third kappa shape index (κ3) is 52.6. The van der Waals surface area contributed by atoms with Crippen molar-refractivity contribution >= 4 is 17.9 Å². The van der Waals surface area contributed by atoms with Crippen LogP contribution in [0.1, 0.15) is 226 Å². The molecule has 0 rings (SSSR count). The van der Waals surface area contributed by atoms with E-state index in [4.69, 9.17) is 14.2 Å². The number of allylic oxidation sites excluding steroid dienone is 20. The number of hydrogen-bond acceptors (Lipinski definition) is 6. The molecule has 0 spiro atoms. The Hall–Kier alpha value is -4.19. The lowest BCUT2D eigenvalue weighted by atomic mass is 10.1. The van der Waals surface area contributed by atoms with Crippen LogP contribution in [-0.4, -0.2) is 37.2 Å². The fourth-order valence-electron chi connectivity index (χ4n) is 6.91. The Bertz CT molecular complexity index is 1440. The van der Waals surface area contributed by atoms with E-state index in [0.29, 0.717) is 19.3 Å². The van der Waals surface area contributed by atoms with Crippen molar-refractivity contribution in [2.24, 2.45) is 0 Å². The maximum atomic E-state index is 12.7. The molecule has 0 amide bonds. The zero-order chi connectivity index (χ0) is 48.6. The first-order valence-electron chi connectivity index (χ1n) is 27.0. The number of unbranched alkanes of at least 4 members (excludes halogenated alkanes) is 16. The highest BCUT2D eigenvalue weighted by atomic mass is 16.6. The van der Waals surface area contributed by atoms with Crippen LogP contribution in [0.25, 0.3) is 0 Å². The molecule has 378 valence electrons. The van der Waals surface area contributed by atoms with E-state index in [1.165, 1.54) is 64.2 Å². The van der Waals surface area contributed by atoms with Gasteiger partial charge in [-0.3, -0.25) is 14.4 Å². The second-order valence-electron chi connectivity index (χ2n) is 17.4. The molecule has 67 heavy (non-hydrogen) atoms. The predicted molar refractivity (Wildman–Crippen MR) is 288 cm³/mol. The summed E-state index contributed by atoms with van der Waals surface area (Å²) in [4.78, 5) is 37.7. The lowest BCUT2D eigenvalue weighted by molar-refractivity contribution is -0.167. The molecule has 0 aliphatic carbocycles. The molecule has 0 radical (unpaired) electrons. The van der Waals surface area contributed by atoms with Gasteiger partial charge in [0.25, 0.3) is 0 Å². The van der Waals surface area contributed by atoms with Gasteiger partial charge in [0.05, 0.1) is 0 Å². The van der Waals surface area contributed by atoms with Crippen LogP contribution in [0, 0.1) is 0 Å². The molecule has 0 aliphatic heterocycles. The SMILES string of the molecule is CC/C=C\C/C=C\C/C=C\C/C=C\C/C=C\C/C=C\C/C=C\C/C=C\C/C=C\CCCC(=O)OCC(COC(=O)CCCCCCCC)OC(=O)CCCCCCC/C=C\CCCCCCC. The molecule has 6 nitrogen and oxygen atoms in total. The van der Waals surface area contributed by atoms with Crippen molar-refractivity contribution in [3.8, 4) is 0 Å². The second-order valence-corrected chi connectivity index (χ2v) is 17.4. The quantitative estimate of drug-likeness (QED) is 0.0262. The van der Waals surface area contributed by atoms with Gasteiger partial charge < -0.3 is 14.2 Å². The molecule has 0 saturated heterocycles. The zero-order valence-corrected chi connectivity index (χ0v) is 43.1. The van der Waals surface area contributed by atoms with Crippen LogP contribution in [-0.2, 0) is 28.6 Å². The largest absolute Gasteiger partial charge is 0.462 e. The molecule has 0 aliphatic rings. The normalized spacial score (nSPS) is 13.1.